The van der Waals surface area contributed by atoms with Crippen molar-refractivity contribution in [3.8, 4) is 0 Å². The first-order valence-corrected chi connectivity index (χ1v) is 9.89. The number of hydrogen-bond donors (Lipinski definition) is 2. The molecule has 1 saturated carbocycles. The Morgan fingerprint density at radius 1 is 1.29 bits per heavy atom. The highest BCUT2D eigenvalue weighted by Gasteiger charge is 2.33. The lowest BCUT2D eigenvalue weighted by molar-refractivity contribution is -0.384. The second-order valence-electron chi connectivity index (χ2n) is 8.57. The van der Waals surface area contributed by atoms with E-state index < -0.39 is 4.92 Å². The van der Waals surface area contributed by atoms with E-state index in [0.717, 1.165) is 25.9 Å². The summed E-state index contributed by atoms with van der Waals surface area (Å²) in [4.78, 5) is 25.9. The number of nitro benzene ring substituents is 1. The van der Waals surface area contributed by atoms with Crippen molar-refractivity contribution in [3.05, 3.63) is 33.9 Å². The zero-order valence-electron chi connectivity index (χ0n) is 17.0. The molecule has 1 aliphatic heterocycles. The monoisotopic (exact) mass is 390 g/mol. The summed E-state index contributed by atoms with van der Waals surface area (Å²) >= 11 is 0. The maximum atomic E-state index is 12.6. The minimum atomic E-state index is -0.443. The lowest BCUT2D eigenvalue weighted by Gasteiger charge is -2.45. The quantitative estimate of drug-likeness (QED) is 0.549. The van der Waals surface area contributed by atoms with E-state index in [0.29, 0.717) is 23.8 Å². The van der Waals surface area contributed by atoms with Crippen LogP contribution in [0.15, 0.2) is 18.2 Å². The van der Waals surface area contributed by atoms with Gasteiger partial charge >= 0.3 is 0 Å². The van der Waals surface area contributed by atoms with Crippen LogP contribution < -0.4 is 10.6 Å². The molecule has 0 radical (unpaired) electrons. The molecule has 1 aromatic rings. The number of nitrogens with zero attached hydrogens (tertiary/aromatic N) is 2. The lowest BCUT2D eigenvalue weighted by Crippen LogP contribution is -2.58. The summed E-state index contributed by atoms with van der Waals surface area (Å²) in [5, 5.41) is 17.5. The molecule has 3 rings (SSSR count). The number of morpholine rings is 1. The molecule has 2 N–H and O–H groups in total. The normalized spacial score (nSPS) is 23.3. The van der Waals surface area contributed by atoms with Gasteiger partial charge < -0.3 is 15.4 Å². The standard InChI is InChI=1S/C20H30N4O4/c1-13-10-23(11-14(2)28-13)20(3,4)12-21-19(25)15-5-8-17(22-16-6-7-16)18(9-15)24(26)27/h5,8-9,13-14,16,22H,6-7,10-12H2,1-4H3,(H,21,25). The highest BCUT2D eigenvalue weighted by Crippen LogP contribution is 2.31. The molecule has 8 nitrogen and oxygen atoms in total. The average molecular weight is 390 g/mol. The van der Waals surface area contributed by atoms with Crippen LogP contribution in [0.4, 0.5) is 11.4 Å². The fraction of sp³-hybridized carbons (Fsp3) is 0.650. The number of carbonyl (C=O) groups is 1. The molecule has 0 spiro atoms. The van der Waals surface area contributed by atoms with Crippen LogP contribution in [0.25, 0.3) is 0 Å². The molecule has 1 amide bonds. The number of nitro groups is 1. The van der Waals surface area contributed by atoms with Crippen molar-refractivity contribution in [2.75, 3.05) is 25.0 Å². The highest BCUT2D eigenvalue weighted by molar-refractivity contribution is 5.95. The summed E-state index contributed by atoms with van der Waals surface area (Å²) in [6.45, 7) is 10.3. The number of hydrogen-bond acceptors (Lipinski definition) is 6. The summed E-state index contributed by atoms with van der Waals surface area (Å²) < 4.78 is 5.79. The summed E-state index contributed by atoms with van der Waals surface area (Å²) in [5.41, 5.74) is 0.462. The third-order valence-electron chi connectivity index (χ3n) is 5.35. The maximum absolute atomic E-state index is 12.6. The van der Waals surface area contributed by atoms with Crippen molar-refractivity contribution in [3.63, 3.8) is 0 Å². The summed E-state index contributed by atoms with van der Waals surface area (Å²) in [5.74, 6) is -0.302. The Balaban J connectivity index is 1.65. The van der Waals surface area contributed by atoms with Gasteiger partial charge in [0.05, 0.1) is 17.1 Å². The lowest BCUT2D eigenvalue weighted by atomic mass is 10.00. The van der Waals surface area contributed by atoms with Gasteiger partial charge in [-0.25, -0.2) is 0 Å². The first-order valence-electron chi connectivity index (χ1n) is 9.89. The molecule has 0 bridgehead atoms. The zero-order chi connectivity index (χ0) is 20.5. The van der Waals surface area contributed by atoms with E-state index in [1.54, 1.807) is 12.1 Å². The fourth-order valence-electron chi connectivity index (χ4n) is 3.58. The van der Waals surface area contributed by atoms with Crippen molar-refractivity contribution < 1.29 is 14.5 Å². The van der Waals surface area contributed by atoms with Crippen LogP contribution in [0.2, 0.25) is 0 Å². The maximum Gasteiger partial charge on any atom is 0.293 e. The van der Waals surface area contributed by atoms with Crippen LogP contribution in [-0.2, 0) is 4.74 Å². The molecule has 2 atom stereocenters. The molecule has 2 aliphatic rings. The SMILES string of the molecule is CC1CN(C(C)(C)CNC(=O)c2ccc(NC3CC3)c([N+](=O)[O-])c2)CC(C)O1. The van der Waals surface area contributed by atoms with Crippen LogP contribution in [0.1, 0.15) is 50.9 Å². The van der Waals surface area contributed by atoms with E-state index in [-0.39, 0.29) is 29.3 Å². The van der Waals surface area contributed by atoms with Crippen LogP contribution in [0.3, 0.4) is 0 Å². The van der Waals surface area contributed by atoms with Crippen molar-refractivity contribution in [2.45, 2.75) is 64.3 Å². The minimum absolute atomic E-state index is 0.0605. The molecule has 1 saturated heterocycles. The van der Waals surface area contributed by atoms with Crippen LogP contribution in [-0.4, -0.2) is 59.2 Å². The van der Waals surface area contributed by atoms with Gasteiger partial charge in [-0.3, -0.25) is 19.8 Å². The van der Waals surface area contributed by atoms with Crippen LogP contribution >= 0.6 is 0 Å². The molecule has 1 aromatic carbocycles. The molecule has 8 heteroatoms. The zero-order valence-corrected chi connectivity index (χ0v) is 17.0. The minimum Gasteiger partial charge on any atom is -0.377 e. The second kappa shape index (κ2) is 8.05. The largest absolute Gasteiger partial charge is 0.377 e. The molecule has 0 aromatic heterocycles. The van der Waals surface area contributed by atoms with E-state index in [2.05, 4.69) is 29.4 Å². The van der Waals surface area contributed by atoms with E-state index in [4.69, 9.17) is 4.74 Å². The van der Waals surface area contributed by atoms with Crippen LogP contribution in [0.5, 0.6) is 0 Å². The summed E-state index contributed by atoms with van der Waals surface area (Å²) in [6, 6.07) is 4.92. The summed E-state index contributed by atoms with van der Waals surface area (Å²) in [6.07, 6.45) is 2.33. The average Bonchev–Trinajstić information content (AvgIpc) is 3.43. The number of carbonyl (C=O) groups excluding carboxylic acids is 1. The number of anilines is 1. The molecule has 2 unspecified atom stereocenters. The first-order chi connectivity index (χ1) is 13.2. The second-order valence-corrected chi connectivity index (χ2v) is 8.57. The predicted molar refractivity (Wildman–Crippen MR) is 108 cm³/mol. The smallest absolute Gasteiger partial charge is 0.293 e. The molecule has 1 heterocycles. The number of rotatable bonds is 7. The number of ether oxygens (including phenoxy) is 1. The van der Waals surface area contributed by atoms with Crippen molar-refractivity contribution in [2.24, 2.45) is 0 Å². The first kappa shape index (κ1) is 20.5. The van der Waals surface area contributed by atoms with E-state index in [9.17, 15) is 14.9 Å². The third-order valence-corrected chi connectivity index (χ3v) is 5.35. The van der Waals surface area contributed by atoms with Gasteiger partial charge in [-0.1, -0.05) is 0 Å². The Labute approximate surface area is 165 Å². The Bertz CT molecular complexity index is 738. The highest BCUT2D eigenvalue weighted by atomic mass is 16.6. The van der Waals surface area contributed by atoms with Gasteiger partial charge in [-0.15, -0.1) is 0 Å². The van der Waals surface area contributed by atoms with Crippen molar-refractivity contribution >= 4 is 17.3 Å². The van der Waals surface area contributed by atoms with Gasteiger partial charge in [0.15, 0.2) is 0 Å². The molecule has 2 fully saturated rings. The Morgan fingerprint density at radius 3 is 2.50 bits per heavy atom. The topological polar surface area (TPSA) is 96.7 Å². The Hall–Kier alpha value is -2.19. The molecule has 28 heavy (non-hydrogen) atoms. The van der Waals surface area contributed by atoms with Crippen LogP contribution in [0, 0.1) is 10.1 Å². The van der Waals surface area contributed by atoms with Gasteiger partial charge in [0, 0.05) is 42.8 Å². The number of amides is 1. The van der Waals surface area contributed by atoms with E-state index >= 15 is 0 Å². The predicted octanol–water partition coefficient (Wildman–Crippen LogP) is 2.79. The van der Waals surface area contributed by atoms with Gasteiger partial charge in [-0.05, 0) is 52.7 Å². The summed E-state index contributed by atoms with van der Waals surface area (Å²) in [7, 11) is 0. The van der Waals surface area contributed by atoms with Crippen molar-refractivity contribution in [1.29, 1.82) is 0 Å². The van der Waals surface area contributed by atoms with E-state index in [1.165, 1.54) is 6.07 Å². The third kappa shape index (κ3) is 4.99. The van der Waals surface area contributed by atoms with Gasteiger partial charge in [0.1, 0.15) is 5.69 Å². The Kier molecular flexibility index (Phi) is 5.90. The molecular weight excluding hydrogens is 360 g/mol. The number of nitrogens with one attached hydrogen (secondary N) is 2. The Morgan fingerprint density at radius 2 is 1.93 bits per heavy atom. The molecule has 1 aliphatic carbocycles. The van der Waals surface area contributed by atoms with Crippen molar-refractivity contribution in [1.82, 2.24) is 10.2 Å². The van der Waals surface area contributed by atoms with Gasteiger partial charge in [-0.2, -0.15) is 0 Å². The molecule has 154 valence electrons. The molecular formula is C20H30N4O4. The van der Waals surface area contributed by atoms with E-state index in [1.807, 2.05) is 13.8 Å². The fourth-order valence-corrected chi connectivity index (χ4v) is 3.58. The van der Waals surface area contributed by atoms with Gasteiger partial charge in [0.25, 0.3) is 11.6 Å². The number of benzene rings is 1. The van der Waals surface area contributed by atoms with Gasteiger partial charge in [0.2, 0.25) is 0 Å².